The molecule has 90 valence electrons. The summed E-state index contributed by atoms with van der Waals surface area (Å²) in [5.74, 6) is -1.03. The van der Waals surface area contributed by atoms with Crippen molar-refractivity contribution < 1.29 is 22.7 Å². The van der Waals surface area contributed by atoms with Gasteiger partial charge in [-0.1, -0.05) is 16.5 Å². The molecule has 0 amide bonds. The maximum Gasteiger partial charge on any atom is 0.337 e. The van der Waals surface area contributed by atoms with Crippen LogP contribution in [-0.4, -0.2) is 27.6 Å². The molecule has 6 nitrogen and oxygen atoms in total. The summed E-state index contributed by atoms with van der Waals surface area (Å²) in [6, 6.07) is 5.88. The number of isocyanates is 1. The van der Waals surface area contributed by atoms with Crippen LogP contribution in [-0.2, 0) is 25.3 Å². The Bertz CT molecular complexity index is 572. The second-order valence-electron chi connectivity index (χ2n) is 3.10. The maximum atomic E-state index is 11.2. The number of hydrogen-bond donors (Lipinski definition) is 0. The minimum atomic E-state index is -3.88. The molecule has 0 aromatic heterocycles. The summed E-state index contributed by atoms with van der Waals surface area (Å²) in [5.41, 5.74) is 0.571. The summed E-state index contributed by atoms with van der Waals surface area (Å²) in [7, 11) is -2.66. The van der Waals surface area contributed by atoms with E-state index in [2.05, 4.69) is 9.13 Å². The number of sulfonamides is 1. The molecule has 0 radical (unpaired) electrons. The molecular formula is C10H9NO5S. The van der Waals surface area contributed by atoms with E-state index in [1.807, 2.05) is 0 Å². The van der Waals surface area contributed by atoms with E-state index in [1.165, 1.54) is 31.4 Å². The molecule has 7 heteroatoms. The zero-order valence-corrected chi connectivity index (χ0v) is 9.73. The highest BCUT2D eigenvalue weighted by atomic mass is 32.2. The van der Waals surface area contributed by atoms with Crippen LogP contribution in [0.15, 0.2) is 28.7 Å². The molecule has 0 unspecified atom stereocenters. The van der Waals surface area contributed by atoms with Crippen molar-refractivity contribution in [1.29, 1.82) is 0 Å². The molecule has 1 rings (SSSR count). The molecule has 0 N–H and O–H groups in total. The Morgan fingerprint density at radius 1 is 1.47 bits per heavy atom. The van der Waals surface area contributed by atoms with Crippen molar-refractivity contribution in [3.63, 3.8) is 0 Å². The zero-order valence-electron chi connectivity index (χ0n) is 8.91. The van der Waals surface area contributed by atoms with Gasteiger partial charge < -0.3 is 4.74 Å². The molecule has 0 fully saturated rings. The first kappa shape index (κ1) is 13.1. The van der Waals surface area contributed by atoms with Crippen molar-refractivity contribution in [2.24, 2.45) is 4.40 Å². The summed E-state index contributed by atoms with van der Waals surface area (Å²) in [6.45, 7) is 0. The number of carbonyl (C=O) groups is 1. The minimum absolute atomic E-state index is 0.232. The first-order valence-corrected chi connectivity index (χ1v) is 6.08. The average Bonchev–Trinajstić information content (AvgIpc) is 2.27. The van der Waals surface area contributed by atoms with Crippen molar-refractivity contribution in [3.05, 3.63) is 35.4 Å². The van der Waals surface area contributed by atoms with Crippen LogP contribution in [0, 0.1) is 0 Å². The molecule has 0 atom stereocenters. The minimum Gasteiger partial charge on any atom is -0.465 e. The second-order valence-corrected chi connectivity index (χ2v) is 4.74. The Morgan fingerprint density at radius 3 is 2.76 bits per heavy atom. The van der Waals surface area contributed by atoms with Gasteiger partial charge in [0.05, 0.1) is 18.4 Å². The van der Waals surface area contributed by atoms with E-state index in [1.54, 1.807) is 0 Å². The van der Waals surface area contributed by atoms with Crippen LogP contribution in [0.1, 0.15) is 15.9 Å². The van der Waals surface area contributed by atoms with E-state index in [9.17, 15) is 18.0 Å². The summed E-state index contributed by atoms with van der Waals surface area (Å²) in [5, 5.41) is 0. The number of benzene rings is 1. The summed E-state index contributed by atoms with van der Waals surface area (Å²) >= 11 is 0. The SMILES string of the molecule is COC(=O)c1cccc(CS(=O)(=O)N=C=O)c1. The molecule has 0 bridgehead atoms. The lowest BCUT2D eigenvalue weighted by Gasteiger charge is -2.02. The van der Waals surface area contributed by atoms with E-state index in [0.29, 0.717) is 5.56 Å². The molecule has 17 heavy (non-hydrogen) atoms. The Balaban J connectivity index is 3.01. The van der Waals surface area contributed by atoms with Gasteiger partial charge in [-0.05, 0) is 17.7 Å². The number of ether oxygens (including phenoxy) is 1. The number of methoxy groups -OCH3 is 1. The molecule has 0 aliphatic heterocycles. The van der Waals surface area contributed by atoms with Gasteiger partial charge in [-0.25, -0.2) is 18.0 Å². The Hall–Kier alpha value is -1.98. The third kappa shape index (κ3) is 3.82. The average molecular weight is 255 g/mol. The second kappa shape index (κ2) is 5.38. The third-order valence-electron chi connectivity index (χ3n) is 1.87. The molecule has 0 aliphatic carbocycles. The normalized spacial score (nSPS) is 10.4. The van der Waals surface area contributed by atoms with Crippen LogP contribution in [0.2, 0.25) is 0 Å². The number of hydrogen-bond acceptors (Lipinski definition) is 5. The van der Waals surface area contributed by atoms with Gasteiger partial charge in [0.2, 0.25) is 0 Å². The lowest BCUT2D eigenvalue weighted by Crippen LogP contribution is -2.04. The maximum absolute atomic E-state index is 11.2. The summed E-state index contributed by atoms with van der Waals surface area (Å²) in [6.07, 6.45) is 0.972. The quantitative estimate of drug-likeness (QED) is 0.447. The van der Waals surface area contributed by atoms with Crippen molar-refractivity contribution in [2.45, 2.75) is 5.75 Å². The molecule has 0 heterocycles. The van der Waals surface area contributed by atoms with E-state index in [-0.39, 0.29) is 5.56 Å². The standard InChI is InChI=1S/C10H9NO5S/c1-16-10(13)9-4-2-3-8(5-9)6-17(14,15)11-7-12/h2-5H,6H2,1H3. The Labute approximate surface area is 98.0 Å². The van der Waals surface area contributed by atoms with Gasteiger partial charge in [-0.3, -0.25) is 0 Å². The van der Waals surface area contributed by atoms with E-state index in [4.69, 9.17) is 0 Å². The Kier molecular flexibility index (Phi) is 4.14. The van der Waals surface area contributed by atoms with Crippen LogP contribution in [0.5, 0.6) is 0 Å². The fourth-order valence-corrected chi connectivity index (χ4v) is 1.98. The first-order chi connectivity index (χ1) is 7.98. The van der Waals surface area contributed by atoms with Gasteiger partial charge in [-0.2, -0.15) is 0 Å². The highest BCUT2D eigenvalue weighted by molar-refractivity contribution is 7.89. The van der Waals surface area contributed by atoms with E-state index >= 15 is 0 Å². The highest BCUT2D eigenvalue weighted by Gasteiger charge is 2.12. The van der Waals surface area contributed by atoms with Crippen molar-refractivity contribution >= 4 is 22.1 Å². The van der Waals surface area contributed by atoms with Gasteiger partial charge in [0, 0.05) is 0 Å². The van der Waals surface area contributed by atoms with Crippen LogP contribution < -0.4 is 0 Å². The monoisotopic (exact) mass is 255 g/mol. The van der Waals surface area contributed by atoms with Crippen molar-refractivity contribution in [1.82, 2.24) is 0 Å². The number of nitrogens with zero attached hydrogens (tertiary/aromatic N) is 1. The Morgan fingerprint density at radius 2 is 2.18 bits per heavy atom. The van der Waals surface area contributed by atoms with Gasteiger partial charge >= 0.3 is 5.97 Å². The predicted molar refractivity (Wildman–Crippen MR) is 58.5 cm³/mol. The molecule has 0 aliphatic rings. The number of carbonyl (C=O) groups excluding carboxylic acids is 2. The molecule has 0 saturated heterocycles. The van der Waals surface area contributed by atoms with Gasteiger partial charge in [0.25, 0.3) is 16.1 Å². The molecule has 0 saturated carbocycles. The predicted octanol–water partition coefficient (Wildman–Crippen LogP) is 0.639. The highest BCUT2D eigenvalue weighted by Crippen LogP contribution is 2.10. The lowest BCUT2D eigenvalue weighted by molar-refractivity contribution is 0.0600. The van der Waals surface area contributed by atoms with Gasteiger partial charge in [0.15, 0.2) is 0 Å². The largest absolute Gasteiger partial charge is 0.465 e. The van der Waals surface area contributed by atoms with Gasteiger partial charge in [0.1, 0.15) is 0 Å². The van der Waals surface area contributed by atoms with E-state index in [0.717, 1.165) is 6.08 Å². The van der Waals surface area contributed by atoms with Crippen LogP contribution in [0.25, 0.3) is 0 Å². The summed E-state index contributed by atoms with van der Waals surface area (Å²) < 4.78 is 29.6. The molecule has 1 aromatic rings. The third-order valence-corrected chi connectivity index (χ3v) is 2.92. The lowest BCUT2D eigenvalue weighted by atomic mass is 10.1. The van der Waals surface area contributed by atoms with E-state index < -0.39 is 21.7 Å². The topological polar surface area (TPSA) is 89.9 Å². The van der Waals surface area contributed by atoms with Crippen molar-refractivity contribution in [3.8, 4) is 0 Å². The first-order valence-electron chi connectivity index (χ1n) is 4.47. The fraction of sp³-hybridized carbons (Fsp3) is 0.200. The molecule has 0 spiro atoms. The number of rotatable bonds is 4. The van der Waals surface area contributed by atoms with Crippen LogP contribution >= 0.6 is 0 Å². The van der Waals surface area contributed by atoms with Crippen molar-refractivity contribution in [2.75, 3.05) is 7.11 Å². The molecule has 1 aromatic carbocycles. The summed E-state index contributed by atoms with van der Waals surface area (Å²) in [4.78, 5) is 21.1. The molecular weight excluding hydrogens is 246 g/mol. The number of esters is 1. The smallest absolute Gasteiger partial charge is 0.337 e. The van der Waals surface area contributed by atoms with Crippen LogP contribution in [0.4, 0.5) is 0 Å². The van der Waals surface area contributed by atoms with Gasteiger partial charge in [-0.15, -0.1) is 0 Å². The zero-order chi connectivity index (χ0) is 12.9. The fourth-order valence-electron chi connectivity index (χ4n) is 1.21. The van der Waals surface area contributed by atoms with Crippen LogP contribution in [0.3, 0.4) is 0 Å².